The van der Waals surface area contributed by atoms with Gasteiger partial charge in [-0.05, 0) is 38.2 Å². The van der Waals surface area contributed by atoms with Gasteiger partial charge in [0.1, 0.15) is 6.10 Å². The lowest BCUT2D eigenvalue weighted by Gasteiger charge is -2.53. The van der Waals surface area contributed by atoms with Gasteiger partial charge in [0.2, 0.25) is 0 Å². The number of carbonyl (C=O) groups is 1. The number of allylic oxidation sites excluding steroid dienone is 1. The zero-order chi connectivity index (χ0) is 19.5. The highest BCUT2D eigenvalue weighted by atomic mass is 16.5. The van der Waals surface area contributed by atoms with Gasteiger partial charge in [0.05, 0.1) is 29.8 Å². The summed E-state index contributed by atoms with van der Waals surface area (Å²) in [4.78, 5) is 13.3. The molecule has 2 bridgehead atoms. The van der Waals surface area contributed by atoms with Crippen molar-refractivity contribution < 1.29 is 24.9 Å². The van der Waals surface area contributed by atoms with Crippen LogP contribution in [-0.4, -0.2) is 51.6 Å². The number of Topliss-reactive ketones (excluding diaryl/α,β-unsaturated/α-hetero) is 1. The number of aliphatic hydroxyl groups is 3. The molecule has 1 aliphatic heterocycles. The van der Waals surface area contributed by atoms with Crippen LogP contribution in [0, 0.1) is 16.7 Å². The number of fused-ring (bicyclic) bond motifs is 2. The second kappa shape index (κ2) is 6.40. The Labute approximate surface area is 156 Å². The molecule has 3 N–H and O–H groups in total. The molecule has 3 rings (SSSR count). The summed E-state index contributed by atoms with van der Waals surface area (Å²) in [5, 5.41) is 33.3. The Kier molecular flexibility index (Phi) is 4.92. The number of hydrogen-bond acceptors (Lipinski definition) is 5. The maximum absolute atomic E-state index is 13.3. The van der Waals surface area contributed by atoms with Crippen LogP contribution in [0.4, 0.5) is 0 Å². The normalized spacial score (nSPS) is 44.2. The van der Waals surface area contributed by atoms with E-state index >= 15 is 0 Å². The molecule has 6 unspecified atom stereocenters. The third-order valence-electron chi connectivity index (χ3n) is 7.75. The Balaban J connectivity index is 1.96. The SMILES string of the molecule is CC1=C2C(O)C(=O)C(C)(C(O)CC3OCC3C)CCC(O)(CC1)C2(C)C. The predicted molar refractivity (Wildman–Crippen MR) is 98.5 cm³/mol. The molecule has 1 saturated carbocycles. The fourth-order valence-electron chi connectivity index (χ4n) is 5.21. The predicted octanol–water partition coefficient (Wildman–Crippen LogP) is 2.37. The fraction of sp³-hybridized carbons (Fsp3) is 0.857. The van der Waals surface area contributed by atoms with Crippen molar-refractivity contribution in [2.75, 3.05) is 6.61 Å². The molecule has 2 aliphatic carbocycles. The van der Waals surface area contributed by atoms with Crippen molar-refractivity contribution >= 4 is 5.78 Å². The number of ketones is 1. The van der Waals surface area contributed by atoms with E-state index in [0.29, 0.717) is 50.2 Å². The number of aliphatic hydroxyl groups excluding tert-OH is 2. The minimum absolute atomic E-state index is 0.0443. The van der Waals surface area contributed by atoms with Gasteiger partial charge in [-0.15, -0.1) is 0 Å². The zero-order valence-electron chi connectivity index (χ0n) is 16.7. The van der Waals surface area contributed by atoms with E-state index in [1.807, 2.05) is 20.8 Å². The van der Waals surface area contributed by atoms with E-state index in [0.717, 1.165) is 5.57 Å². The fourth-order valence-corrected chi connectivity index (χ4v) is 5.21. The number of hydrogen-bond donors (Lipinski definition) is 3. The molecule has 0 aromatic heterocycles. The molecular formula is C21H34O5. The molecule has 1 heterocycles. The van der Waals surface area contributed by atoms with Gasteiger partial charge in [-0.25, -0.2) is 0 Å². The van der Waals surface area contributed by atoms with Gasteiger partial charge in [-0.1, -0.05) is 33.3 Å². The first-order chi connectivity index (χ1) is 11.9. The first-order valence-electron chi connectivity index (χ1n) is 9.88. The summed E-state index contributed by atoms with van der Waals surface area (Å²) in [7, 11) is 0. The van der Waals surface area contributed by atoms with Crippen LogP contribution in [0.25, 0.3) is 0 Å². The lowest BCUT2D eigenvalue weighted by Crippen LogP contribution is -2.58. The summed E-state index contributed by atoms with van der Waals surface area (Å²) in [6, 6.07) is 0. The average Bonchev–Trinajstić information content (AvgIpc) is 2.58. The van der Waals surface area contributed by atoms with Gasteiger partial charge in [-0.3, -0.25) is 4.79 Å². The van der Waals surface area contributed by atoms with Crippen LogP contribution in [0.1, 0.15) is 66.7 Å². The second-order valence-electron chi connectivity index (χ2n) is 9.64. The molecule has 3 aliphatic rings. The number of carbonyl (C=O) groups excluding carboxylic acids is 1. The molecule has 6 atom stereocenters. The summed E-state index contributed by atoms with van der Waals surface area (Å²) in [6.07, 6.45) is 0.256. The van der Waals surface area contributed by atoms with Crippen LogP contribution in [0.5, 0.6) is 0 Å². The van der Waals surface area contributed by atoms with Crippen molar-refractivity contribution in [2.45, 2.75) is 90.6 Å². The van der Waals surface area contributed by atoms with Crippen molar-refractivity contribution in [3.8, 4) is 0 Å². The molecule has 148 valence electrons. The summed E-state index contributed by atoms with van der Waals surface area (Å²) < 4.78 is 5.52. The van der Waals surface area contributed by atoms with Crippen LogP contribution in [0.3, 0.4) is 0 Å². The maximum Gasteiger partial charge on any atom is 0.173 e. The highest BCUT2D eigenvalue weighted by molar-refractivity contribution is 5.92. The van der Waals surface area contributed by atoms with Crippen molar-refractivity contribution in [1.29, 1.82) is 0 Å². The summed E-state index contributed by atoms with van der Waals surface area (Å²) in [5.41, 5.74) is -1.11. The molecule has 0 spiro atoms. The molecule has 26 heavy (non-hydrogen) atoms. The highest BCUT2D eigenvalue weighted by Gasteiger charge is 2.57. The monoisotopic (exact) mass is 366 g/mol. The van der Waals surface area contributed by atoms with E-state index in [9.17, 15) is 20.1 Å². The van der Waals surface area contributed by atoms with Crippen molar-refractivity contribution in [3.05, 3.63) is 11.1 Å². The van der Waals surface area contributed by atoms with Gasteiger partial charge in [0.15, 0.2) is 5.78 Å². The van der Waals surface area contributed by atoms with Gasteiger partial charge >= 0.3 is 0 Å². The van der Waals surface area contributed by atoms with E-state index in [-0.39, 0.29) is 11.9 Å². The van der Waals surface area contributed by atoms with Crippen LogP contribution >= 0.6 is 0 Å². The summed E-state index contributed by atoms with van der Waals surface area (Å²) in [6.45, 7) is 10.3. The minimum atomic E-state index is -1.28. The maximum atomic E-state index is 13.3. The van der Waals surface area contributed by atoms with Crippen LogP contribution in [-0.2, 0) is 9.53 Å². The number of rotatable bonds is 3. The quantitative estimate of drug-likeness (QED) is 0.668. The van der Waals surface area contributed by atoms with E-state index in [4.69, 9.17) is 4.74 Å². The Hall–Kier alpha value is -0.750. The molecule has 1 saturated heterocycles. The minimum Gasteiger partial charge on any atom is -0.392 e. The van der Waals surface area contributed by atoms with E-state index in [2.05, 4.69) is 6.92 Å². The van der Waals surface area contributed by atoms with Gasteiger partial charge in [0.25, 0.3) is 0 Å². The summed E-state index contributed by atoms with van der Waals surface area (Å²) in [5.74, 6) is 0.0395. The van der Waals surface area contributed by atoms with Crippen LogP contribution in [0.2, 0.25) is 0 Å². The third-order valence-corrected chi connectivity index (χ3v) is 7.75. The standard InChI is InChI=1S/C21H34O5/c1-12-6-7-21(25)9-8-20(5,15(22)10-14-13(2)11-26-14)18(24)17(23)16(12)19(21,3)4/h13-15,17,22-23,25H,6-11H2,1-5H3. The Morgan fingerprint density at radius 3 is 2.42 bits per heavy atom. The Bertz CT molecular complexity index is 624. The van der Waals surface area contributed by atoms with Gasteiger partial charge in [0, 0.05) is 17.8 Å². The van der Waals surface area contributed by atoms with E-state index in [1.54, 1.807) is 6.92 Å². The van der Waals surface area contributed by atoms with Crippen molar-refractivity contribution in [2.24, 2.45) is 16.7 Å². The van der Waals surface area contributed by atoms with Crippen LogP contribution in [0.15, 0.2) is 11.1 Å². The van der Waals surface area contributed by atoms with Crippen molar-refractivity contribution in [3.63, 3.8) is 0 Å². The second-order valence-corrected chi connectivity index (χ2v) is 9.64. The largest absolute Gasteiger partial charge is 0.392 e. The molecule has 0 amide bonds. The number of ether oxygens (including phenoxy) is 1. The third kappa shape index (κ3) is 2.79. The average molecular weight is 366 g/mol. The lowest BCUT2D eigenvalue weighted by molar-refractivity contribution is -0.164. The molecule has 0 radical (unpaired) electrons. The van der Waals surface area contributed by atoms with Crippen LogP contribution < -0.4 is 0 Å². The molecule has 2 fully saturated rings. The highest BCUT2D eigenvalue weighted by Crippen LogP contribution is 2.54. The van der Waals surface area contributed by atoms with Crippen molar-refractivity contribution in [1.82, 2.24) is 0 Å². The molecule has 5 nitrogen and oxygen atoms in total. The first kappa shape index (κ1) is 20.0. The zero-order valence-corrected chi connectivity index (χ0v) is 16.7. The van der Waals surface area contributed by atoms with Gasteiger partial charge < -0.3 is 20.1 Å². The molecular weight excluding hydrogens is 332 g/mol. The first-order valence-corrected chi connectivity index (χ1v) is 9.88. The molecule has 0 aromatic carbocycles. The van der Waals surface area contributed by atoms with E-state index < -0.39 is 28.6 Å². The van der Waals surface area contributed by atoms with E-state index in [1.165, 1.54) is 0 Å². The summed E-state index contributed by atoms with van der Waals surface area (Å²) >= 11 is 0. The lowest BCUT2D eigenvalue weighted by atomic mass is 9.54. The molecule has 0 aromatic rings. The Morgan fingerprint density at radius 1 is 1.23 bits per heavy atom. The molecule has 5 heteroatoms. The topological polar surface area (TPSA) is 87.0 Å². The Morgan fingerprint density at radius 2 is 1.88 bits per heavy atom. The smallest absolute Gasteiger partial charge is 0.173 e. The van der Waals surface area contributed by atoms with Gasteiger partial charge in [-0.2, -0.15) is 0 Å².